The van der Waals surface area contributed by atoms with Gasteiger partial charge in [-0.15, -0.1) is 11.3 Å². The van der Waals surface area contributed by atoms with E-state index in [9.17, 15) is 10.2 Å². The van der Waals surface area contributed by atoms with Crippen LogP contribution in [0.4, 0.5) is 0 Å². The average molecular weight is 385 g/mol. The Morgan fingerprint density at radius 3 is 3.00 bits per heavy atom. The Hall–Kier alpha value is -2.12. The van der Waals surface area contributed by atoms with Gasteiger partial charge in [-0.1, -0.05) is 18.2 Å². The normalized spacial score (nSPS) is 15.9. The number of aromatic hydroxyl groups is 1. The van der Waals surface area contributed by atoms with Crippen molar-refractivity contribution in [1.82, 2.24) is 4.90 Å². The molecule has 1 aliphatic heterocycles. The lowest BCUT2D eigenvalue weighted by Gasteiger charge is -2.25. The second kappa shape index (κ2) is 7.86. The maximum atomic E-state index is 10.6. The van der Waals surface area contributed by atoms with E-state index in [4.69, 9.17) is 9.47 Å². The monoisotopic (exact) mass is 385 g/mol. The summed E-state index contributed by atoms with van der Waals surface area (Å²) in [5, 5.41) is 24.3. The second-order valence-corrected chi connectivity index (χ2v) is 7.62. The van der Waals surface area contributed by atoms with Gasteiger partial charge in [0.1, 0.15) is 12.8 Å². The molecule has 1 aromatic heterocycles. The van der Waals surface area contributed by atoms with Crippen LogP contribution in [0.25, 0.3) is 21.2 Å². The van der Waals surface area contributed by atoms with E-state index in [2.05, 4.69) is 23.6 Å². The van der Waals surface area contributed by atoms with Crippen molar-refractivity contribution in [2.45, 2.75) is 19.2 Å². The number of ether oxygens (including phenoxy) is 2. The molecule has 27 heavy (non-hydrogen) atoms. The van der Waals surface area contributed by atoms with Gasteiger partial charge in [0, 0.05) is 54.4 Å². The van der Waals surface area contributed by atoms with E-state index < -0.39 is 6.23 Å². The molecule has 4 rings (SSSR count). The first-order valence-electron chi connectivity index (χ1n) is 9.03. The summed E-state index contributed by atoms with van der Waals surface area (Å²) in [5.74, 6) is 0.658. The highest BCUT2D eigenvalue weighted by molar-refractivity contribution is 7.17. The minimum atomic E-state index is -0.604. The van der Waals surface area contributed by atoms with Gasteiger partial charge in [0.25, 0.3) is 0 Å². The van der Waals surface area contributed by atoms with E-state index in [1.54, 1.807) is 24.5 Å². The molecule has 3 aromatic rings. The van der Waals surface area contributed by atoms with Crippen molar-refractivity contribution in [2.75, 3.05) is 26.9 Å². The standard InChI is InChI=1S/C21H23NO4S/c1-25-8-6-20(24)22-7-9-26-21-15(12-22)10-14(11-18(21)23)17-13-27-19-5-3-2-4-16(17)19/h2-5,10-11,13,20,23-24H,6-9,12H2,1H3/t20-/m0/s1. The van der Waals surface area contributed by atoms with Gasteiger partial charge in [0.15, 0.2) is 11.5 Å². The number of aliphatic hydroxyl groups is 1. The molecule has 2 aromatic carbocycles. The molecule has 0 bridgehead atoms. The fraction of sp³-hybridized carbons (Fsp3) is 0.333. The Labute approximate surface area is 162 Å². The molecule has 2 heterocycles. The third-order valence-electron chi connectivity index (χ3n) is 4.94. The molecule has 0 fully saturated rings. The van der Waals surface area contributed by atoms with Crippen LogP contribution < -0.4 is 4.74 Å². The molecule has 1 aliphatic rings. The summed E-state index contributed by atoms with van der Waals surface area (Å²) in [6, 6.07) is 12.1. The number of hydrogen-bond donors (Lipinski definition) is 2. The van der Waals surface area contributed by atoms with Gasteiger partial charge in [0.2, 0.25) is 0 Å². The van der Waals surface area contributed by atoms with Crippen molar-refractivity contribution in [3.05, 3.63) is 47.3 Å². The van der Waals surface area contributed by atoms with E-state index in [0.29, 0.717) is 38.5 Å². The van der Waals surface area contributed by atoms with E-state index in [0.717, 1.165) is 16.7 Å². The van der Waals surface area contributed by atoms with Gasteiger partial charge >= 0.3 is 0 Å². The molecule has 5 nitrogen and oxygen atoms in total. The Balaban J connectivity index is 1.70. The lowest BCUT2D eigenvalue weighted by Crippen LogP contribution is -2.37. The van der Waals surface area contributed by atoms with Crippen LogP contribution in [-0.2, 0) is 11.3 Å². The highest BCUT2D eigenvalue weighted by atomic mass is 32.1. The van der Waals surface area contributed by atoms with E-state index >= 15 is 0 Å². The van der Waals surface area contributed by atoms with Crippen LogP contribution in [0.15, 0.2) is 41.8 Å². The molecule has 0 saturated heterocycles. The van der Waals surface area contributed by atoms with Crippen LogP contribution in [-0.4, -0.2) is 48.2 Å². The molecular formula is C21H23NO4S. The van der Waals surface area contributed by atoms with E-state index in [1.807, 2.05) is 17.0 Å². The van der Waals surface area contributed by atoms with Gasteiger partial charge in [-0.2, -0.15) is 0 Å². The van der Waals surface area contributed by atoms with Gasteiger partial charge in [-0.3, -0.25) is 4.90 Å². The average Bonchev–Trinajstić information content (AvgIpc) is 2.98. The molecule has 0 saturated carbocycles. The lowest BCUT2D eigenvalue weighted by molar-refractivity contribution is -0.0240. The summed E-state index contributed by atoms with van der Waals surface area (Å²) in [7, 11) is 1.63. The molecule has 0 amide bonds. The summed E-state index contributed by atoms with van der Waals surface area (Å²) in [5.41, 5.74) is 2.94. The number of methoxy groups -OCH3 is 1. The highest BCUT2D eigenvalue weighted by Gasteiger charge is 2.24. The number of hydrogen-bond acceptors (Lipinski definition) is 6. The van der Waals surface area contributed by atoms with Crippen LogP contribution >= 0.6 is 11.3 Å². The van der Waals surface area contributed by atoms with Crippen LogP contribution in [0.3, 0.4) is 0 Å². The smallest absolute Gasteiger partial charge is 0.165 e. The molecular weight excluding hydrogens is 362 g/mol. The predicted molar refractivity (Wildman–Crippen MR) is 107 cm³/mol. The van der Waals surface area contributed by atoms with Crippen molar-refractivity contribution < 1.29 is 19.7 Å². The van der Waals surface area contributed by atoms with Crippen molar-refractivity contribution in [1.29, 1.82) is 0 Å². The summed E-state index contributed by atoms with van der Waals surface area (Å²) in [6.07, 6.45) is -0.0700. The quantitative estimate of drug-likeness (QED) is 0.699. The van der Waals surface area contributed by atoms with Crippen molar-refractivity contribution in [3.63, 3.8) is 0 Å². The number of benzene rings is 2. The first-order valence-corrected chi connectivity index (χ1v) is 9.91. The van der Waals surface area contributed by atoms with Gasteiger partial charge in [0.05, 0.1) is 0 Å². The van der Waals surface area contributed by atoms with Gasteiger partial charge in [-0.25, -0.2) is 0 Å². The number of thiophene rings is 1. The fourth-order valence-corrected chi connectivity index (χ4v) is 4.51. The van der Waals surface area contributed by atoms with Crippen LogP contribution in [0.2, 0.25) is 0 Å². The summed E-state index contributed by atoms with van der Waals surface area (Å²) in [6.45, 7) is 2.03. The van der Waals surface area contributed by atoms with E-state index in [-0.39, 0.29) is 5.75 Å². The minimum absolute atomic E-state index is 0.144. The summed E-state index contributed by atoms with van der Waals surface area (Å²) >= 11 is 1.69. The van der Waals surface area contributed by atoms with Crippen molar-refractivity contribution >= 4 is 21.4 Å². The number of fused-ring (bicyclic) bond motifs is 2. The molecule has 0 unspecified atom stereocenters. The Morgan fingerprint density at radius 2 is 2.15 bits per heavy atom. The molecule has 6 heteroatoms. The van der Waals surface area contributed by atoms with Crippen molar-refractivity contribution in [3.8, 4) is 22.6 Å². The SMILES string of the molecule is COCC[C@H](O)N1CCOc2c(O)cc(-c3csc4ccccc34)cc2C1. The number of aliphatic hydroxyl groups excluding tert-OH is 1. The Bertz CT molecular complexity index is 939. The zero-order valence-corrected chi connectivity index (χ0v) is 16.0. The number of phenols is 1. The van der Waals surface area contributed by atoms with Crippen LogP contribution in [0.5, 0.6) is 11.5 Å². The molecule has 1 atom stereocenters. The third-order valence-corrected chi connectivity index (χ3v) is 5.90. The number of nitrogens with zero attached hydrogens (tertiary/aromatic N) is 1. The predicted octanol–water partition coefficient (Wildman–Crippen LogP) is 3.82. The number of phenolic OH excluding ortho intramolecular Hbond substituents is 1. The maximum Gasteiger partial charge on any atom is 0.165 e. The minimum Gasteiger partial charge on any atom is -0.504 e. The summed E-state index contributed by atoms with van der Waals surface area (Å²) < 4.78 is 12.1. The third kappa shape index (κ3) is 3.66. The van der Waals surface area contributed by atoms with Crippen molar-refractivity contribution in [2.24, 2.45) is 0 Å². The summed E-state index contributed by atoms with van der Waals surface area (Å²) in [4.78, 5) is 1.96. The van der Waals surface area contributed by atoms with Crippen LogP contribution in [0, 0.1) is 0 Å². The van der Waals surface area contributed by atoms with E-state index in [1.165, 1.54) is 10.1 Å². The Morgan fingerprint density at radius 1 is 1.30 bits per heavy atom. The molecule has 142 valence electrons. The first-order chi connectivity index (χ1) is 13.2. The molecule has 0 radical (unpaired) electrons. The molecule has 0 aliphatic carbocycles. The fourth-order valence-electron chi connectivity index (χ4n) is 3.54. The molecule has 0 spiro atoms. The number of rotatable bonds is 5. The largest absolute Gasteiger partial charge is 0.504 e. The molecule has 2 N–H and O–H groups in total. The zero-order chi connectivity index (χ0) is 18.8. The highest BCUT2D eigenvalue weighted by Crippen LogP contribution is 2.41. The maximum absolute atomic E-state index is 10.6. The second-order valence-electron chi connectivity index (χ2n) is 6.71. The lowest BCUT2D eigenvalue weighted by atomic mass is 10.0. The topological polar surface area (TPSA) is 62.2 Å². The van der Waals surface area contributed by atoms with Gasteiger partial charge in [-0.05, 0) is 29.1 Å². The zero-order valence-electron chi connectivity index (χ0n) is 15.2. The van der Waals surface area contributed by atoms with Crippen LogP contribution in [0.1, 0.15) is 12.0 Å². The Kier molecular flexibility index (Phi) is 5.31. The van der Waals surface area contributed by atoms with Gasteiger partial charge < -0.3 is 19.7 Å². The first kappa shape index (κ1) is 18.3.